The predicted molar refractivity (Wildman–Crippen MR) is 74.5 cm³/mol. The van der Waals surface area contributed by atoms with Gasteiger partial charge in [0.2, 0.25) is 16.0 Å². The number of rotatable bonds is 7. The minimum Gasteiger partial charge on any atom is -0.357 e. The van der Waals surface area contributed by atoms with Crippen LogP contribution in [0.2, 0.25) is 0 Å². The van der Waals surface area contributed by atoms with E-state index in [2.05, 4.69) is 20.0 Å². The second-order valence-electron chi connectivity index (χ2n) is 4.61. The van der Waals surface area contributed by atoms with Gasteiger partial charge in [-0.05, 0) is 34.0 Å². The molecule has 0 saturated carbocycles. The molecule has 1 atom stereocenters. The van der Waals surface area contributed by atoms with E-state index in [1.807, 2.05) is 25.9 Å². The van der Waals surface area contributed by atoms with E-state index in [0.717, 1.165) is 13.0 Å². The minimum atomic E-state index is -3.55. The number of hydrogen-bond donors (Lipinski definition) is 2. The van der Waals surface area contributed by atoms with Crippen LogP contribution >= 0.6 is 0 Å². The van der Waals surface area contributed by atoms with Crippen LogP contribution in [0.25, 0.3) is 0 Å². The highest BCUT2D eigenvalue weighted by atomic mass is 32.2. The number of anilines is 1. The maximum Gasteiger partial charge on any atom is 0.243 e. The maximum atomic E-state index is 12.1. The Balaban J connectivity index is 2.69. The van der Waals surface area contributed by atoms with Crippen LogP contribution in [0.4, 0.5) is 5.95 Å². The maximum absolute atomic E-state index is 12.1. The first kappa shape index (κ1) is 15.8. The third-order valence-corrected chi connectivity index (χ3v) is 4.07. The molecule has 8 heteroatoms. The third-order valence-electron chi connectivity index (χ3n) is 2.53. The van der Waals surface area contributed by atoms with E-state index < -0.39 is 10.0 Å². The van der Waals surface area contributed by atoms with E-state index in [-0.39, 0.29) is 10.9 Å². The second-order valence-corrected chi connectivity index (χ2v) is 6.32. The Bertz CT molecular complexity index is 486. The highest BCUT2D eigenvalue weighted by Crippen LogP contribution is 2.08. The van der Waals surface area contributed by atoms with Crippen LogP contribution in [-0.4, -0.2) is 57.0 Å². The van der Waals surface area contributed by atoms with Gasteiger partial charge in [0.25, 0.3) is 0 Å². The van der Waals surface area contributed by atoms with Gasteiger partial charge in [0.15, 0.2) is 0 Å². The zero-order chi connectivity index (χ0) is 14.5. The number of hydrogen-bond acceptors (Lipinski definition) is 6. The van der Waals surface area contributed by atoms with Gasteiger partial charge in [0, 0.05) is 13.1 Å². The van der Waals surface area contributed by atoms with E-state index in [1.54, 1.807) is 7.05 Å². The first-order valence-corrected chi connectivity index (χ1v) is 7.50. The highest BCUT2D eigenvalue weighted by Gasteiger charge is 2.18. The van der Waals surface area contributed by atoms with Gasteiger partial charge < -0.3 is 10.2 Å². The number of aromatic nitrogens is 2. The molecule has 0 spiro atoms. The van der Waals surface area contributed by atoms with Gasteiger partial charge >= 0.3 is 0 Å². The van der Waals surface area contributed by atoms with Crippen LogP contribution in [0.5, 0.6) is 0 Å². The molecule has 1 heterocycles. The summed E-state index contributed by atoms with van der Waals surface area (Å²) in [5, 5.41) is 2.74. The molecule has 1 aromatic heterocycles. The molecule has 0 aliphatic carbocycles. The largest absolute Gasteiger partial charge is 0.357 e. The fourth-order valence-corrected chi connectivity index (χ4v) is 2.59. The van der Waals surface area contributed by atoms with Crippen LogP contribution in [-0.2, 0) is 10.0 Å². The average molecular weight is 287 g/mol. The Kier molecular flexibility index (Phi) is 5.64. The number of nitrogens with zero attached hydrogens (tertiary/aromatic N) is 3. The van der Waals surface area contributed by atoms with Crippen molar-refractivity contribution in [3.8, 4) is 0 Å². The van der Waals surface area contributed by atoms with Crippen LogP contribution in [0.1, 0.15) is 13.3 Å². The minimum absolute atomic E-state index is 0.0724. The lowest BCUT2D eigenvalue weighted by molar-refractivity contribution is 0.379. The summed E-state index contributed by atoms with van der Waals surface area (Å²) in [6.07, 6.45) is 3.32. The first-order valence-electron chi connectivity index (χ1n) is 6.02. The lowest BCUT2D eigenvalue weighted by Gasteiger charge is -2.16. The monoisotopic (exact) mass is 287 g/mol. The first-order chi connectivity index (χ1) is 8.85. The molecule has 0 aromatic carbocycles. The molecule has 0 amide bonds. The van der Waals surface area contributed by atoms with Crippen LogP contribution in [0, 0.1) is 0 Å². The summed E-state index contributed by atoms with van der Waals surface area (Å²) in [6.45, 7) is 2.66. The summed E-state index contributed by atoms with van der Waals surface area (Å²) in [4.78, 5) is 9.87. The molecule has 1 unspecified atom stereocenters. The molecule has 0 bridgehead atoms. The molecule has 19 heavy (non-hydrogen) atoms. The molecule has 0 aliphatic heterocycles. The van der Waals surface area contributed by atoms with Gasteiger partial charge in [-0.1, -0.05) is 0 Å². The van der Waals surface area contributed by atoms with Gasteiger partial charge in [-0.25, -0.2) is 23.1 Å². The van der Waals surface area contributed by atoms with E-state index in [1.165, 1.54) is 12.4 Å². The molecule has 0 radical (unpaired) electrons. The van der Waals surface area contributed by atoms with Crippen molar-refractivity contribution in [2.45, 2.75) is 24.3 Å². The van der Waals surface area contributed by atoms with Crippen molar-refractivity contribution in [3.05, 3.63) is 12.4 Å². The zero-order valence-electron chi connectivity index (χ0n) is 11.7. The van der Waals surface area contributed by atoms with Gasteiger partial charge in [0.1, 0.15) is 4.90 Å². The average Bonchev–Trinajstić information content (AvgIpc) is 2.36. The molecule has 2 N–H and O–H groups in total. The summed E-state index contributed by atoms with van der Waals surface area (Å²) >= 11 is 0. The Morgan fingerprint density at radius 1 is 1.32 bits per heavy atom. The summed E-state index contributed by atoms with van der Waals surface area (Å²) in [5.74, 6) is 0.389. The quantitative estimate of drug-likeness (QED) is 0.741. The van der Waals surface area contributed by atoms with Crippen LogP contribution in [0.3, 0.4) is 0 Å². The fraction of sp³-hybridized carbons (Fsp3) is 0.636. The fourth-order valence-electron chi connectivity index (χ4n) is 1.43. The summed E-state index contributed by atoms with van der Waals surface area (Å²) in [6, 6.07) is -0.142. The van der Waals surface area contributed by atoms with E-state index in [4.69, 9.17) is 0 Å². The van der Waals surface area contributed by atoms with Crippen molar-refractivity contribution in [1.82, 2.24) is 19.6 Å². The molecular weight excluding hydrogens is 266 g/mol. The Morgan fingerprint density at radius 3 is 2.37 bits per heavy atom. The van der Waals surface area contributed by atoms with Gasteiger partial charge in [-0.2, -0.15) is 0 Å². The standard InChI is InChI=1S/C11H21N5O2S/c1-9(5-6-16(3)4)15-19(17,18)10-7-13-11(12-2)14-8-10/h7-9,15H,5-6H2,1-4H3,(H,12,13,14). The van der Waals surface area contributed by atoms with E-state index in [0.29, 0.717) is 5.95 Å². The van der Waals surface area contributed by atoms with Crippen LogP contribution in [0.15, 0.2) is 17.3 Å². The molecule has 7 nitrogen and oxygen atoms in total. The summed E-state index contributed by atoms with van der Waals surface area (Å²) in [7, 11) is 2.02. The molecular formula is C11H21N5O2S. The highest BCUT2D eigenvalue weighted by molar-refractivity contribution is 7.89. The van der Waals surface area contributed by atoms with Crippen molar-refractivity contribution in [2.24, 2.45) is 0 Å². The normalized spacial score (nSPS) is 13.5. The molecule has 1 rings (SSSR count). The van der Waals surface area contributed by atoms with E-state index in [9.17, 15) is 8.42 Å². The van der Waals surface area contributed by atoms with Gasteiger partial charge in [0.05, 0.1) is 12.4 Å². The van der Waals surface area contributed by atoms with Crippen molar-refractivity contribution >= 4 is 16.0 Å². The molecule has 0 aliphatic rings. The lowest BCUT2D eigenvalue weighted by atomic mass is 10.2. The van der Waals surface area contributed by atoms with Gasteiger partial charge in [-0.3, -0.25) is 0 Å². The molecule has 1 aromatic rings. The Labute approximate surface area is 114 Å². The topological polar surface area (TPSA) is 87.2 Å². The second kappa shape index (κ2) is 6.78. The summed E-state index contributed by atoms with van der Waals surface area (Å²) < 4.78 is 26.7. The van der Waals surface area contributed by atoms with Crippen molar-refractivity contribution < 1.29 is 8.42 Å². The SMILES string of the molecule is CNc1ncc(S(=O)(=O)NC(C)CCN(C)C)cn1. The molecule has 108 valence electrons. The smallest absolute Gasteiger partial charge is 0.243 e. The van der Waals surface area contributed by atoms with Crippen LogP contribution < -0.4 is 10.0 Å². The number of sulfonamides is 1. The molecule has 0 saturated heterocycles. The predicted octanol–water partition coefficient (Wildman–Crippen LogP) is 0.137. The Hall–Kier alpha value is -1.25. The van der Waals surface area contributed by atoms with Crippen molar-refractivity contribution in [3.63, 3.8) is 0 Å². The van der Waals surface area contributed by atoms with Crippen molar-refractivity contribution in [1.29, 1.82) is 0 Å². The molecule has 0 fully saturated rings. The van der Waals surface area contributed by atoms with E-state index >= 15 is 0 Å². The summed E-state index contributed by atoms with van der Waals surface area (Å²) in [5.41, 5.74) is 0. The number of nitrogens with one attached hydrogen (secondary N) is 2. The third kappa shape index (κ3) is 5.09. The van der Waals surface area contributed by atoms with Gasteiger partial charge in [-0.15, -0.1) is 0 Å². The Morgan fingerprint density at radius 2 is 1.89 bits per heavy atom. The zero-order valence-corrected chi connectivity index (χ0v) is 12.5. The van der Waals surface area contributed by atoms with Crippen molar-refractivity contribution in [2.75, 3.05) is 33.0 Å². The lowest BCUT2D eigenvalue weighted by Crippen LogP contribution is -2.34.